The zero-order chi connectivity index (χ0) is 19.4. The summed E-state index contributed by atoms with van der Waals surface area (Å²) in [6.45, 7) is 4.45. The van der Waals surface area contributed by atoms with Crippen molar-refractivity contribution in [2.24, 2.45) is 0 Å². The fraction of sp³-hybridized carbons (Fsp3) is 0.263. The molecule has 1 atom stereocenters. The summed E-state index contributed by atoms with van der Waals surface area (Å²) in [6, 6.07) is 11.7. The first-order valence-corrected chi connectivity index (χ1v) is 9.94. The molecule has 5 nitrogen and oxygen atoms in total. The third-order valence-corrected chi connectivity index (χ3v) is 6.68. The molecular weight excluding hydrogens is 405 g/mol. The second kappa shape index (κ2) is 6.33. The van der Waals surface area contributed by atoms with E-state index in [-0.39, 0.29) is 16.7 Å². The molecule has 2 heterocycles. The summed E-state index contributed by atoms with van der Waals surface area (Å²) in [4.78, 5) is 26.6. The average Bonchev–Trinajstić information content (AvgIpc) is 3.04. The first-order valence-electron chi connectivity index (χ1n) is 8.37. The van der Waals surface area contributed by atoms with Crippen LogP contribution in [0.15, 0.2) is 42.5 Å². The lowest BCUT2D eigenvalue weighted by atomic mass is 10.0. The molecule has 0 aromatic heterocycles. The van der Waals surface area contributed by atoms with Gasteiger partial charge in [0.2, 0.25) is 0 Å². The van der Waals surface area contributed by atoms with Gasteiger partial charge in [-0.15, -0.1) is 11.8 Å². The van der Waals surface area contributed by atoms with Crippen molar-refractivity contribution in [2.45, 2.75) is 23.5 Å². The molecule has 3 amide bonds. The molecule has 8 heteroatoms. The highest BCUT2D eigenvalue weighted by Gasteiger charge is 2.61. The number of nitrogens with one attached hydrogen (secondary N) is 2. The van der Waals surface area contributed by atoms with E-state index in [2.05, 4.69) is 10.6 Å². The van der Waals surface area contributed by atoms with Crippen LogP contribution >= 0.6 is 35.0 Å². The normalized spacial score (nSPS) is 22.7. The molecule has 0 saturated carbocycles. The summed E-state index contributed by atoms with van der Waals surface area (Å²) in [7, 11) is 0. The lowest BCUT2D eigenvalue weighted by Gasteiger charge is -2.32. The van der Waals surface area contributed by atoms with Crippen LogP contribution in [0.2, 0.25) is 10.0 Å². The van der Waals surface area contributed by atoms with Crippen molar-refractivity contribution in [3.05, 3.63) is 58.1 Å². The topological polar surface area (TPSA) is 61.4 Å². The van der Waals surface area contributed by atoms with E-state index in [0.717, 1.165) is 0 Å². The maximum absolute atomic E-state index is 13.1. The van der Waals surface area contributed by atoms with Crippen LogP contribution in [0.25, 0.3) is 0 Å². The van der Waals surface area contributed by atoms with E-state index in [1.54, 1.807) is 47.4 Å². The number of anilines is 2. The third kappa shape index (κ3) is 3.06. The smallest absolute Gasteiger partial charge is 0.323 e. The van der Waals surface area contributed by atoms with Gasteiger partial charge < -0.3 is 10.6 Å². The van der Waals surface area contributed by atoms with Crippen molar-refractivity contribution < 1.29 is 9.59 Å². The summed E-state index contributed by atoms with van der Waals surface area (Å²) in [5.74, 6) is -0.235. The van der Waals surface area contributed by atoms with Gasteiger partial charge in [0, 0.05) is 38.3 Å². The SMILES string of the molecule is CC1(C)CN(C(=O)Nc2ccc(Cl)cc2)C2(S1)C(=O)Nc1ccc(Cl)cc12. The molecule has 0 aliphatic carbocycles. The van der Waals surface area contributed by atoms with Crippen molar-refractivity contribution in [3.8, 4) is 0 Å². The number of nitrogens with zero attached hydrogens (tertiary/aromatic N) is 1. The van der Waals surface area contributed by atoms with Crippen LogP contribution < -0.4 is 10.6 Å². The van der Waals surface area contributed by atoms with E-state index >= 15 is 0 Å². The summed E-state index contributed by atoms with van der Waals surface area (Å²) in [5.41, 5.74) is 2.00. The number of urea groups is 1. The molecule has 1 fully saturated rings. The van der Waals surface area contributed by atoms with Crippen molar-refractivity contribution in [3.63, 3.8) is 0 Å². The van der Waals surface area contributed by atoms with Gasteiger partial charge >= 0.3 is 6.03 Å². The van der Waals surface area contributed by atoms with Crippen LogP contribution in [0.4, 0.5) is 16.2 Å². The maximum atomic E-state index is 13.1. The Hall–Kier alpha value is -1.89. The second-order valence-corrected chi connectivity index (χ2v) is 9.95. The third-order valence-electron chi connectivity index (χ3n) is 4.59. The Morgan fingerprint density at radius 1 is 1.15 bits per heavy atom. The van der Waals surface area contributed by atoms with Gasteiger partial charge in [-0.05, 0) is 56.3 Å². The van der Waals surface area contributed by atoms with E-state index < -0.39 is 4.87 Å². The van der Waals surface area contributed by atoms with Gasteiger partial charge in [-0.25, -0.2) is 4.79 Å². The molecule has 2 aliphatic heterocycles. The number of halogens is 2. The van der Waals surface area contributed by atoms with Gasteiger partial charge in [-0.2, -0.15) is 0 Å². The Morgan fingerprint density at radius 2 is 1.81 bits per heavy atom. The highest BCUT2D eigenvalue weighted by molar-refractivity contribution is 8.02. The van der Waals surface area contributed by atoms with Crippen molar-refractivity contribution >= 4 is 58.3 Å². The average molecular weight is 422 g/mol. The number of carbonyl (C=O) groups is 2. The number of benzene rings is 2. The molecular formula is C19H17Cl2N3O2S. The molecule has 0 bridgehead atoms. The Bertz CT molecular complexity index is 948. The van der Waals surface area contributed by atoms with Crippen LogP contribution in [-0.2, 0) is 9.67 Å². The number of fused-ring (bicyclic) bond motifs is 2. The molecule has 4 rings (SSSR count). The number of carbonyl (C=O) groups excluding carboxylic acids is 2. The largest absolute Gasteiger partial charge is 0.323 e. The molecule has 2 aromatic carbocycles. The Balaban J connectivity index is 1.75. The molecule has 140 valence electrons. The Morgan fingerprint density at radius 3 is 2.52 bits per heavy atom. The number of amides is 3. The van der Waals surface area contributed by atoms with Crippen LogP contribution in [0.5, 0.6) is 0 Å². The monoisotopic (exact) mass is 421 g/mol. The van der Waals surface area contributed by atoms with Gasteiger partial charge in [0.1, 0.15) is 0 Å². The Kier molecular flexibility index (Phi) is 4.33. The van der Waals surface area contributed by atoms with Crippen molar-refractivity contribution in [2.75, 3.05) is 17.2 Å². The van der Waals surface area contributed by atoms with Crippen LogP contribution in [0, 0.1) is 0 Å². The first kappa shape index (κ1) is 18.5. The number of hydrogen-bond donors (Lipinski definition) is 2. The maximum Gasteiger partial charge on any atom is 0.323 e. The number of thioether (sulfide) groups is 1. The molecule has 1 saturated heterocycles. The van der Waals surface area contributed by atoms with E-state index in [9.17, 15) is 9.59 Å². The quantitative estimate of drug-likeness (QED) is 0.668. The minimum absolute atomic E-state index is 0.235. The van der Waals surface area contributed by atoms with Gasteiger partial charge in [0.15, 0.2) is 4.87 Å². The summed E-state index contributed by atoms with van der Waals surface area (Å²) < 4.78 is -0.307. The Labute approximate surface area is 171 Å². The second-order valence-electron chi connectivity index (χ2n) is 7.17. The fourth-order valence-corrected chi connectivity index (χ4v) is 5.49. The molecule has 2 aliphatic rings. The highest BCUT2D eigenvalue weighted by atomic mass is 35.5. The molecule has 1 unspecified atom stereocenters. The summed E-state index contributed by atoms with van der Waals surface area (Å²) >= 11 is 13.6. The predicted molar refractivity (Wildman–Crippen MR) is 111 cm³/mol. The molecule has 27 heavy (non-hydrogen) atoms. The lowest BCUT2D eigenvalue weighted by Crippen LogP contribution is -2.49. The van der Waals surface area contributed by atoms with E-state index in [1.165, 1.54) is 11.8 Å². The van der Waals surface area contributed by atoms with Gasteiger partial charge in [0.05, 0.1) is 0 Å². The van der Waals surface area contributed by atoms with Crippen molar-refractivity contribution in [1.29, 1.82) is 0 Å². The lowest BCUT2D eigenvalue weighted by molar-refractivity contribution is -0.121. The number of rotatable bonds is 1. The highest BCUT2D eigenvalue weighted by Crippen LogP contribution is 2.58. The summed E-state index contributed by atoms with van der Waals surface area (Å²) in [5, 5.41) is 6.87. The van der Waals surface area contributed by atoms with Crippen molar-refractivity contribution in [1.82, 2.24) is 4.90 Å². The van der Waals surface area contributed by atoms with Crippen LogP contribution in [-0.4, -0.2) is 28.1 Å². The minimum Gasteiger partial charge on any atom is -0.323 e. The van der Waals surface area contributed by atoms with E-state index in [4.69, 9.17) is 23.2 Å². The molecule has 2 aromatic rings. The number of hydrogen-bond acceptors (Lipinski definition) is 3. The van der Waals surface area contributed by atoms with Crippen LogP contribution in [0.1, 0.15) is 19.4 Å². The predicted octanol–water partition coefficient (Wildman–Crippen LogP) is 5.16. The van der Waals surface area contributed by atoms with Gasteiger partial charge in [-0.3, -0.25) is 9.69 Å². The standard InChI is InChI=1S/C19H17Cl2N3O2S/c1-18(2)10-24(17(26)22-13-6-3-11(20)4-7-13)19(27-18)14-9-12(21)5-8-15(14)23-16(19)25/h3-9H,10H2,1-2H3,(H,22,26)(H,23,25). The zero-order valence-electron chi connectivity index (χ0n) is 14.7. The fourth-order valence-electron chi connectivity index (χ4n) is 3.52. The molecule has 0 radical (unpaired) electrons. The minimum atomic E-state index is -1.15. The first-order chi connectivity index (χ1) is 12.7. The van der Waals surface area contributed by atoms with E-state index in [1.807, 2.05) is 13.8 Å². The van der Waals surface area contributed by atoms with Crippen LogP contribution in [0.3, 0.4) is 0 Å². The molecule has 2 N–H and O–H groups in total. The van der Waals surface area contributed by atoms with E-state index in [0.29, 0.717) is 33.5 Å². The van der Waals surface area contributed by atoms with Gasteiger partial charge in [0.25, 0.3) is 5.91 Å². The van der Waals surface area contributed by atoms with Gasteiger partial charge in [-0.1, -0.05) is 23.2 Å². The summed E-state index contributed by atoms with van der Waals surface area (Å²) in [6.07, 6.45) is 0. The zero-order valence-corrected chi connectivity index (χ0v) is 17.0. The molecule has 1 spiro atoms.